The van der Waals surface area contributed by atoms with Crippen molar-refractivity contribution in [3.63, 3.8) is 0 Å². The maximum absolute atomic E-state index is 12.5. The molecule has 0 radical (unpaired) electrons. The van der Waals surface area contributed by atoms with Crippen LogP contribution >= 0.6 is 23.2 Å². The molecule has 0 aliphatic heterocycles. The van der Waals surface area contributed by atoms with Crippen molar-refractivity contribution in [1.82, 2.24) is 24.8 Å². The fourth-order valence-corrected chi connectivity index (χ4v) is 4.31. The largest absolute Gasteiger partial charge is 0.465 e. The van der Waals surface area contributed by atoms with E-state index in [-0.39, 0.29) is 18.3 Å². The third-order valence-electron chi connectivity index (χ3n) is 5.57. The Bertz CT molecular complexity index is 1150. The van der Waals surface area contributed by atoms with Crippen molar-refractivity contribution in [2.45, 2.75) is 38.3 Å². The topological polar surface area (TPSA) is 125 Å². The molecule has 1 saturated carbocycles. The van der Waals surface area contributed by atoms with Gasteiger partial charge in [-0.1, -0.05) is 23.2 Å². The first-order chi connectivity index (χ1) is 14.9. The van der Waals surface area contributed by atoms with Crippen molar-refractivity contribution in [3.8, 4) is 0 Å². The zero-order valence-electron chi connectivity index (χ0n) is 16.6. The minimum Gasteiger partial charge on any atom is -0.465 e. The molecule has 11 heteroatoms. The summed E-state index contributed by atoms with van der Waals surface area (Å²) in [6, 6.07) is 5.14. The third-order valence-corrected chi connectivity index (χ3v) is 6.17. The molecule has 1 amide bonds. The molecule has 2 heterocycles. The van der Waals surface area contributed by atoms with Crippen LogP contribution in [0.25, 0.3) is 11.2 Å². The lowest BCUT2D eigenvalue weighted by atomic mass is 9.86. The number of aromatic nitrogens is 4. The minimum absolute atomic E-state index is 0.0222. The lowest BCUT2D eigenvalue weighted by molar-refractivity contribution is 0.183. The maximum Gasteiger partial charge on any atom is 0.404 e. The second-order valence-corrected chi connectivity index (χ2v) is 8.57. The van der Waals surface area contributed by atoms with E-state index in [4.69, 9.17) is 28.3 Å². The van der Waals surface area contributed by atoms with Crippen molar-refractivity contribution >= 4 is 46.4 Å². The highest BCUT2D eigenvalue weighted by molar-refractivity contribution is 6.33. The highest BCUT2D eigenvalue weighted by Gasteiger charge is 2.22. The van der Waals surface area contributed by atoms with Crippen molar-refractivity contribution in [3.05, 3.63) is 50.5 Å². The number of rotatable bonds is 6. The molecule has 0 atom stereocenters. The lowest BCUT2D eigenvalue weighted by Gasteiger charge is -2.28. The fourth-order valence-electron chi connectivity index (χ4n) is 3.93. The monoisotopic (exact) mass is 464 g/mol. The maximum atomic E-state index is 12.5. The molecule has 164 valence electrons. The van der Waals surface area contributed by atoms with Crippen molar-refractivity contribution in [1.29, 1.82) is 0 Å². The summed E-state index contributed by atoms with van der Waals surface area (Å²) in [4.78, 5) is 34.8. The van der Waals surface area contributed by atoms with E-state index in [0.29, 0.717) is 39.6 Å². The standard InChI is InChI=1S/C20H22Cl2N6O3/c21-13-3-6-15(22)12(7-13)10-28-17-16(26-19(28)29)9-24-18(27-17)23-8-11-1-4-14(5-2-11)25-20(30)31/h3,6-7,9,11,14,25H,1-2,4-5,8,10H2,(H,26,29)(H,30,31)(H,23,24,27). The molecular formula is C20H22Cl2N6O3. The molecule has 1 aromatic carbocycles. The summed E-state index contributed by atoms with van der Waals surface area (Å²) in [7, 11) is 0. The summed E-state index contributed by atoms with van der Waals surface area (Å²) < 4.78 is 1.50. The quantitative estimate of drug-likeness (QED) is 0.440. The summed E-state index contributed by atoms with van der Waals surface area (Å²) >= 11 is 12.3. The Morgan fingerprint density at radius 3 is 2.77 bits per heavy atom. The van der Waals surface area contributed by atoms with Crippen molar-refractivity contribution < 1.29 is 9.90 Å². The molecule has 3 aromatic rings. The first-order valence-electron chi connectivity index (χ1n) is 10.0. The molecule has 1 aliphatic carbocycles. The first-order valence-corrected chi connectivity index (χ1v) is 10.8. The number of amides is 1. The van der Waals surface area contributed by atoms with E-state index in [1.54, 1.807) is 24.4 Å². The molecule has 0 bridgehead atoms. The van der Waals surface area contributed by atoms with Crippen LogP contribution in [0.1, 0.15) is 31.2 Å². The predicted octanol–water partition coefficient (Wildman–Crippen LogP) is 3.71. The van der Waals surface area contributed by atoms with Gasteiger partial charge in [-0.3, -0.25) is 4.57 Å². The summed E-state index contributed by atoms with van der Waals surface area (Å²) in [6.07, 6.45) is 4.08. The van der Waals surface area contributed by atoms with Gasteiger partial charge >= 0.3 is 11.8 Å². The molecule has 1 aliphatic rings. The molecule has 9 nitrogen and oxygen atoms in total. The normalized spacial score (nSPS) is 18.8. The average molecular weight is 465 g/mol. The lowest BCUT2D eigenvalue weighted by Crippen LogP contribution is -2.37. The van der Waals surface area contributed by atoms with Crippen LogP contribution in [0.3, 0.4) is 0 Å². The number of H-pyrrole nitrogens is 1. The van der Waals surface area contributed by atoms with Gasteiger partial charge in [0.15, 0.2) is 5.65 Å². The Morgan fingerprint density at radius 2 is 2.03 bits per heavy atom. The van der Waals surface area contributed by atoms with Crippen LogP contribution in [-0.2, 0) is 6.54 Å². The van der Waals surface area contributed by atoms with Gasteiger partial charge in [-0.05, 0) is 55.4 Å². The van der Waals surface area contributed by atoms with Crippen molar-refractivity contribution in [2.75, 3.05) is 11.9 Å². The molecule has 1 fully saturated rings. The van der Waals surface area contributed by atoms with Gasteiger partial charge in [-0.25, -0.2) is 14.6 Å². The van der Waals surface area contributed by atoms with Gasteiger partial charge in [-0.15, -0.1) is 0 Å². The van der Waals surface area contributed by atoms with Gasteiger partial charge in [-0.2, -0.15) is 4.98 Å². The molecule has 0 unspecified atom stereocenters. The first kappa shape index (κ1) is 21.5. The average Bonchev–Trinajstić information content (AvgIpc) is 3.04. The number of benzene rings is 1. The Kier molecular flexibility index (Phi) is 6.33. The smallest absolute Gasteiger partial charge is 0.404 e. The van der Waals surface area contributed by atoms with Crippen LogP contribution in [0.4, 0.5) is 10.7 Å². The highest BCUT2D eigenvalue weighted by atomic mass is 35.5. The van der Waals surface area contributed by atoms with Gasteiger partial charge in [0.2, 0.25) is 5.95 Å². The van der Waals surface area contributed by atoms with Crippen LogP contribution in [-0.4, -0.2) is 43.3 Å². The molecule has 0 saturated heterocycles. The third kappa shape index (κ3) is 5.11. The number of anilines is 1. The van der Waals surface area contributed by atoms with E-state index in [2.05, 4.69) is 25.6 Å². The van der Waals surface area contributed by atoms with E-state index in [0.717, 1.165) is 31.2 Å². The fraction of sp³-hybridized carbons (Fsp3) is 0.400. The second-order valence-electron chi connectivity index (χ2n) is 7.73. The summed E-state index contributed by atoms with van der Waals surface area (Å²) in [5, 5.41) is 15.7. The second kappa shape index (κ2) is 9.15. The van der Waals surface area contributed by atoms with Crippen LogP contribution in [0.5, 0.6) is 0 Å². The van der Waals surface area contributed by atoms with E-state index in [1.165, 1.54) is 4.57 Å². The Morgan fingerprint density at radius 1 is 1.26 bits per heavy atom. The molecule has 2 aromatic heterocycles. The van der Waals surface area contributed by atoms with Gasteiger partial charge in [0.1, 0.15) is 5.52 Å². The van der Waals surface area contributed by atoms with E-state index < -0.39 is 6.09 Å². The summed E-state index contributed by atoms with van der Waals surface area (Å²) in [5.74, 6) is 0.841. The number of fused-ring (bicyclic) bond motifs is 1. The van der Waals surface area contributed by atoms with Gasteiger partial charge < -0.3 is 20.7 Å². The zero-order valence-corrected chi connectivity index (χ0v) is 18.1. The van der Waals surface area contributed by atoms with E-state index in [9.17, 15) is 9.59 Å². The SMILES string of the molecule is O=C(O)NC1CCC(CNc2ncc3[nH]c(=O)n(Cc4cc(Cl)ccc4Cl)c3n2)CC1. The molecule has 0 spiro atoms. The van der Waals surface area contributed by atoms with E-state index in [1.807, 2.05) is 0 Å². The number of carbonyl (C=O) groups is 1. The summed E-state index contributed by atoms with van der Waals surface area (Å²) in [6.45, 7) is 0.912. The van der Waals surface area contributed by atoms with Gasteiger partial charge in [0, 0.05) is 22.6 Å². The van der Waals surface area contributed by atoms with Crippen LogP contribution in [0.15, 0.2) is 29.2 Å². The molecule has 4 rings (SSSR count). The zero-order chi connectivity index (χ0) is 22.0. The van der Waals surface area contributed by atoms with Crippen molar-refractivity contribution in [2.24, 2.45) is 5.92 Å². The van der Waals surface area contributed by atoms with Crippen LogP contribution in [0.2, 0.25) is 10.0 Å². The van der Waals surface area contributed by atoms with E-state index >= 15 is 0 Å². The number of halogens is 2. The number of nitrogens with zero attached hydrogens (tertiary/aromatic N) is 3. The number of hydrogen-bond acceptors (Lipinski definition) is 5. The van der Waals surface area contributed by atoms with Gasteiger partial charge in [0.05, 0.1) is 12.7 Å². The number of nitrogens with one attached hydrogen (secondary N) is 3. The molecular weight excluding hydrogens is 443 g/mol. The predicted molar refractivity (Wildman–Crippen MR) is 119 cm³/mol. The van der Waals surface area contributed by atoms with Crippen LogP contribution < -0.4 is 16.3 Å². The van der Waals surface area contributed by atoms with Crippen LogP contribution in [0, 0.1) is 5.92 Å². The molecule has 31 heavy (non-hydrogen) atoms. The van der Waals surface area contributed by atoms with Gasteiger partial charge in [0.25, 0.3) is 0 Å². The molecule has 4 N–H and O–H groups in total. The number of aromatic amines is 1. The highest BCUT2D eigenvalue weighted by Crippen LogP contribution is 2.25. The Labute approximate surface area is 187 Å². The Balaban J connectivity index is 1.46. The summed E-state index contributed by atoms with van der Waals surface area (Å²) in [5.41, 5.74) is 1.43. The minimum atomic E-state index is -0.972. The number of hydrogen-bond donors (Lipinski definition) is 4. The number of imidazole rings is 1. The Hall–Kier alpha value is -2.78. The number of carboxylic acid groups (broad SMARTS) is 1.